The van der Waals surface area contributed by atoms with Crippen molar-refractivity contribution in [1.82, 2.24) is 15.3 Å². The molecule has 1 saturated carbocycles. The van der Waals surface area contributed by atoms with Crippen LogP contribution in [0.25, 0.3) is 11.3 Å². The molecule has 5 heteroatoms. The fourth-order valence-electron chi connectivity index (χ4n) is 2.01. The largest absolute Gasteiger partial charge is 0.341 e. The number of imidazole rings is 1. The average molecular weight is 280 g/mol. The quantitative estimate of drug-likeness (QED) is 0.881. The van der Waals surface area contributed by atoms with Gasteiger partial charge in [-0.05, 0) is 43.5 Å². The van der Waals surface area contributed by atoms with Gasteiger partial charge in [0.1, 0.15) is 11.6 Å². The molecular weight excluding hydrogens is 265 g/mol. The maximum atomic E-state index is 13.0. The summed E-state index contributed by atoms with van der Waals surface area (Å²) >= 11 is 6.02. The van der Waals surface area contributed by atoms with E-state index < -0.39 is 0 Å². The van der Waals surface area contributed by atoms with E-state index in [1.165, 1.54) is 25.0 Å². The second kappa shape index (κ2) is 5.31. The Morgan fingerprint density at radius 2 is 2.26 bits per heavy atom. The number of rotatable bonds is 5. The highest BCUT2D eigenvalue weighted by Gasteiger charge is 2.20. The van der Waals surface area contributed by atoms with Crippen LogP contribution in [0.5, 0.6) is 0 Å². The number of hydrogen-bond donors (Lipinski definition) is 2. The first-order valence-corrected chi connectivity index (χ1v) is 6.80. The van der Waals surface area contributed by atoms with Gasteiger partial charge in [0.05, 0.1) is 23.5 Å². The van der Waals surface area contributed by atoms with E-state index in [-0.39, 0.29) is 5.82 Å². The topological polar surface area (TPSA) is 40.7 Å². The van der Waals surface area contributed by atoms with Crippen molar-refractivity contribution in [3.05, 3.63) is 41.1 Å². The standard InChI is InChI=1S/C14H15ClFN3/c15-12-5-10(16)3-4-11(12)13-7-18-14(19-13)8-17-6-9-1-2-9/h3-5,7,9,17H,1-2,6,8H2,(H,18,19). The lowest BCUT2D eigenvalue weighted by atomic mass is 10.2. The second-order valence-corrected chi connectivity index (χ2v) is 5.35. The molecule has 2 N–H and O–H groups in total. The summed E-state index contributed by atoms with van der Waals surface area (Å²) < 4.78 is 13.0. The molecule has 1 heterocycles. The molecule has 1 aliphatic rings. The number of aromatic nitrogens is 2. The number of benzene rings is 1. The van der Waals surface area contributed by atoms with Crippen LogP contribution < -0.4 is 5.32 Å². The highest BCUT2D eigenvalue weighted by Crippen LogP contribution is 2.28. The third-order valence-electron chi connectivity index (χ3n) is 3.27. The van der Waals surface area contributed by atoms with Crippen molar-refractivity contribution in [3.63, 3.8) is 0 Å². The van der Waals surface area contributed by atoms with Crippen molar-refractivity contribution in [2.24, 2.45) is 5.92 Å². The van der Waals surface area contributed by atoms with E-state index in [4.69, 9.17) is 11.6 Å². The minimum atomic E-state index is -0.334. The van der Waals surface area contributed by atoms with E-state index in [0.29, 0.717) is 5.02 Å². The normalized spacial score (nSPS) is 14.8. The lowest BCUT2D eigenvalue weighted by Gasteiger charge is -2.02. The van der Waals surface area contributed by atoms with Gasteiger partial charge in [-0.3, -0.25) is 0 Å². The molecule has 100 valence electrons. The first-order valence-electron chi connectivity index (χ1n) is 6.42. The van der Waals surface area contributed by atoms with E-state index in [0.717, 1.165) is 36.1 Å². The molecule has 1 aromatic carbocycles. The number of aromatic amines is 1. The summed E-state index contributed by atoms with van der Waals surface area (Å²) in [6.45, 7) is 1.77. The Bertz CT molecular complexity index is 578. The number of hydrogen-bond acceptors (Lipinski definition) is 2. The van der Waals surface area contributed by atoms with E-state index in [2.05, 4.69) is 15.3 Å². The van der Waals surface area contributed by atoms with Crippen LogP contribution in [-0.2, 0) is 6.54 Å². The smallest absolute Gasteiger partial charge is 0.124 e. The van der Waals surface area contributed by atoms with Crippen LogP contribution in [0.15, 0.2) is 24.4 Å². The maximum Gasteiger partial charge on any atom is 0.124 e. The van der Waals surface area contributed by atoms with Gasteiger partial charge in [-0.1, -0.05) is 11.6 Å². The van der Waals surface area contributed by atoms with Crippen LogP contribution in [-0.4, -0.2) is 16.5 Å². The summed E-state index contributed by atoms with van der Waals surface area (Å²) in [4.78, 5) is 7.51. The maximum absolute atomic E-state index is 13.0. The molecule has 1 aromatic heterocycles. The summed E-state index contributed by atoms with van der Waals surface area (Å²) in [5.74, 6) is 1.39. The van der Waals surface area contributed by atoms with Gasteiger partial charge in [-0.25, -0.2) is 9.37 Å². The Hall–Kier alpha value is -1.39. The molecule has 0 bridgehead atoms. The summed E-state index contributed by atoms with van der Waals surface area (Å²) in [5.41, 5.74) is 1.58. The van der Waals surface area contributed by atoms with E-state index in [1.807, 2.05) is 0 Å². The van der Waals surface area contributed by atoms with Crippen molar-refractivity contribution in [1.29, 1.82) is 0 Å². The zero-order valence-corrected chi connectivity index (χ0v) is 11.2. The van der Waals surface area contributed by atoms with Gasteiger partial charge in [-0.15, -0.1) is 0 Å². The van der Waals surface area contributed by atoms with E-state index >= 15 is 0 Å². The monoisotopic (exact) mass is 279 g/mol. The van der Waals surface area contributed by atoms with E-state index in [1.54, 1.807) is 12.3 Å². The molecule has 1 aliphatic carbocycles. The highest BCUT2D eigenvalue weighted by molar-refractivity contribution is 6.33. The predicted octanol–water partition coefficient (Wildman–Crippen LogP) is 3.37. The third kappa shape index (κ3) is 3.14. The van der Waals surface area contributed by atoms with Gasteiger partial charge < -0.3 is 10.3 Å². The minimum Gasteiger partial charge on any atom is -0.341 e. The molecule has 1 fully saturated rings. The van der Waals surface area contributed by atoms with Crippen molar-refractivity contribution in [2.75, 3.05) is 6.54 Å². The minimum absolute atomic E-state index is 0.334. The van der Waals surface area contributed by atoms with Gasteiger partial charge in [0.15, 0.2) is 0 Å². The fourth-order valence-corrected chi connectivity index (χ4v) is 2.28. The van der Waals surface area contributed by atoms with Gasteiger partial charge in [0, 0.05) is 5.56 Å². The molecule has 0 amide bonds. The van der Waals surface area contributed by atoms with E-state index in [9.17, 15) is 4.39 Å². The molecule has 3 nitrogen and oxygen atoms in total. The molecule has 0 unspecified atom stereocenters. The average Bonchev–Trinajstić information content (AvgIpc) is 3.07. The Morgan fingerprint density at radius 3 is 3.00 bits per heavy atom. The zero-order valence-electron chi connectivity index (χ0n) is 10.4. The molecule has 0 radical (unpaired) electrons. The van der Waals surface area contributed by atoms with Crippen LogP contribution in [0, 0.1) is 11.7 Å². The first-order chi connectivity index (χ1) is 9.22. The lowest BCUT2D eigenvalue weighted by molar-refractivity contribution is 0.623. The summed E-state index contributed by atoms with van der Waals surface area (Å²) in [5, 5.41) is 3.76. The molecule has 0 spiro atoms. The van der Waals surface area contributed by atoms with Crippen LogP contribution in [0.1, 0.15) is 18.7 Å². The number of nitrogens with zero attached hydrogens (tertiary/aromatic N) is 1. The summed E-state index contributed by atoms with van der Waals surface area (Å²) in [6, 6.07) is 4.36. The van der Waals surface area contributed by atoms with Crippen molar-refractivity contribution >= 4 is 11.6 Å². The molecule has 0 aliphatic heterocycles. The lowest BCUT2D eigenvalue weighted by Crippen LogP contribution is -2.16. The van der Waals surface area contributed by atoms with Gasteiger partial charge in [0.2, 0.25) is 0 Å². The number of nitrogens with one attached hydrogen (secondary N) is 2. The molecule has 3 rings (SSSR count). The van der Waals surface area contributed by atoms with Crippen molar-refractivity contribution < 1.29 is 4.39 Å². The van der Waals surface area contributed by atoms with Crippen molar-refractivity contribution in [3.8, 4) is 11.3 Å². The van der Waals surface area contributed by atoms with Crippen molar-refractivity contribution in [2.45, 2.75) is 19.4 Å². The van der Waals surface area contributed by atoms with Crippen LogP contribution >= 0.6 is 11.6 Å². The molecule has 19 heavy (non-hydrogen) atoms. The third-order valence-corrected chi connectivity index (χ3v) is 3.58. The highest BCUT2D eigenvalue weighted by atomic mass is 35.5. The summed E-state index contributed by atoms with van der Waals surface area (Å²) in [7, 11) is 0. The Morgan fingerprint density at radius 1 is 1.42 bits per heavy atom. The predicted molar refractivity (Wildman–Crippen MR) is 73.4 cm³/mol. The van der Waals surface area contributed by atoms with Crippen LogP contribution in [0.4, 0.5) is 4.39 Å². The molecule has 0 atom stereocenters. The molecular formula is C14H15ClFN3. The van der Waals surface area contributed by atoms with Gasteiger partial charge in [-0.2, -0.15) is 0 Å². The Labute approximate surface area is 116 Å². The molecule has 2 aromatic rings. The SMILES string of the molecule is Fc1ccc(-c2cnc(CNCC3CC3)[nH]2)c(Cl)c1. The summed E-state index contributed by atoms with van der Waals surface area (Å²) in [6.07, 6.45) is 4.40. The zero-order chi connectivity index (χ0) is 13.2. The van der Waals surface area contributed by atoms with Crippen LogP contribution in [0.2, 0.25) is 5.02 Å². The fraction of sp³-hybridized carbons (Fsp3) is 0.357. The Balaban J connectivity index is 1.68. The first kappa shape index (κ1) is 12.6. The number of halogens is 2. The van der Waals surface area contributed by atoms with Crippen LogP contribution in [0.3, 0.4) is 0 Å². The molecule has 0 saturated heterocycles. The second-order valence-electron chi connectivity index (χ2n) is 4.94. The van der Waals surface area contributed by atoms with Gasteiger partial charge in [0.25, 0.3) is 0 Å². The number of H-pyrrole nitrogens is 1. The Kier molecular flexibility index (Phi) is 3.53. The van der Waals surface area contributed by atoms with Gasteiger partial charge >= 0.3 is 0 Å².